The van der Waals surface area contributed by atoms with Crippen LogP contribution in [-0.4, -0.2) is 28.9 Å². The van der Waals surface area contributed by atoms with Crippen LogP contribution < -0.4 is 5.32 Å². The van der Waals surface area contributed by atoms with E-state index in [0.29, 0.717) is 6.42 Å². The summed E-state index contributed by atoms with van der Waals surface area (Å²) < 4.78 is 0. The first-order chi connectivity index (χ1) is 13.3. The molecular formula is C23H27N3O. The third-order valence-electron chi connectivity index (χ3n) is 5.39. The molecule has 0 saturated carbocycles. The highest BCUT2D eigenvalue weighted by atomic mass is 16.1. The van der Waals surface area contributed by atoms with E-state index in [2.05, 4.69) is 39.5 Å². The SMILES string of the molecule is O=C(CCc1c[nH]c2ccccc12)Nc1ccc(CN2CCCCC2)cc1. The van der Waals surface area contributed by atoms with Crippen molar-refractivity contribution < 1.29 is 4.79 Å². The molecular weight excluding hydrogens is 334 g/mol. The topological polar surface area (TPSA) is 48.1 Å². The standard InChI is InChI=1S/C23H27N3O/c27-23(13-10-19-16-24-22-7-3-2-6-21(19)22)25-20-11-8-18(9-12-20)17-26-14-4-1-5-15-26/h2-3,6-9,11-12,16,24H,1,4-5,10,13-15,17H2,(H,25,27). The molecule has 1 aliphatic heterocycles. The van der Waals surface area contributed by atoms with Crippen molar-refractivity contribution in [2.24, 2.45) is 0 Å². The summed E-state index contributed by atoms with van der Waals surface area (Å²) in [5, 5.41) is 4.22. The summed E-state index contributed by atoms with van der Waals surface area (Å²) in [6.07, 6.45) is 7.21. The van der Waals surface area contributed by atoms with E-state index in [1.165, 1.54) is 48.9 Å². The van der Waals surface area contributed by atoms with Crippen LogP contribution in [0.5, 0.6) is 0 Å². The van der Waals surface area contributed by atoms with Crippen molar-refractivity contribution in [2.75, 3.05) is 18.4 Å². The molecule has 0 radical (unpaired) electrons. The van der Waals surface area contributed by atoms with Gasteiger partial charge in [0.1, 0.15) is 0 Å². The van der Waals surface area contributed by atoms with Crippen LogP contribution >= 0.6 is 0 Å². The molecule has 1 amide bonds. The highest BCUT2D eigenvalue weighted by Gasteiger charge is 2.11. The molecule has 1 aliphatic rings. The number of anilines is 1. The summed E-state index contributed by atoms with van der Waals surface area (Å²) in [6, 6.07) is 16.5. The van der Waals surface area contributed by atoms with Crippen LogP contribution in [0.1, 0.15) is 36.8 Å². The number of nitrogens with one attached hydrogen (secondary N) is 2. The molecule has 1 aromatic heterocycles. The molecule has 27 heavy (non-hydrogen) atoms. The van der Waals surface area contributed by atoms with Crippen LogP contribution in [0, 0.1) is 0 Å². The summed E-state index contributed by atoms with van der Waals surface area (Å²) >= 11 is 0. The van der Waals surface area contributed by atoms with Gasteiger partial charge in [-0.15, -0.1) is 0 Å². The first kappa shape index (κ1) is 17.8. The Morgan fingerprint density at radius 2 is 1.78 bits per heavy atom. The highest BCUT2D eigenvalue weighted by Crippen LogP contribution is 2.20. The zero-order valence-electron chi connectivity index (χ0n) is 15.7. The van der Waals surface area contributed by atoms with Crippen molar-refractivity contribution >= 4 is 22.5 Å². The van der Waals surface area contributed by atoms with Gasteiger partial charge in [-0.3, -0.25) is 9.69 Å². The average Bonchev–Trinajstić information content (AvgIpc) is 3.12. The number of nitrogens with zero attached hydrogens (tertiary/aromatic N) is 1. The Bertz CT molecular complexity index is 891. The molecule has 4 nitrogen and oxygen atoms in total. The number of aromatic amines is 1. The second-order valence-corrected chi connectivity index (χ2v) is 7.44. The first-order valence-electron chi connectivity index (χ1n) is 9.94. The zero-order valence-corrected chi connectivity index (χ0v) is 15.7. The van der Waals surface area contributed by atoms with E-state index in [4.69, 9.17) is 0 Å². The second kappa shape index (κ2) is 8.40. The lowest BCUT2D eigenvalue weighted by Gasteiger charge is -2.26. The smallest absolute Gasteiger partial charge is 0.224 e. The number of hydrogen-bond donors (Lipinski definition) is 2. The maximum atomic E-state index is 12.3. The molecule has 0 bridgehead atoms. The van der Waals surface area contributed by atoms with E-state index in [1.807, 2.05) is 30.5 Å². The fourth-order valence-electron chi connectivity index (χ4n) is 3.88. The maximum Gasteiger partial charge on any atom is 0.224 e. The van der Waals surface area contributed by atoms with E-state index in [1.54, 1.807) is 0 Å². The van der Waals surface area contributed by atoms with Crippen LogP contribution in [0.15, 0.2) is 54.7 Å². The number of aromatic nitrogens is 1. The number of likely N-dealkylation sites (tertiary alicyclic amines) is 1. The number of carbonyl (C=O) groups is 1. The van der Waals surface area contributed by atoms with Crippen molar-refractivity contribution in [3.05, 3.63) is 65.9 Å². The molecule has 2 heterocycles. The van der Waals surface area contributed by atoms with Gasteiger partial charge < -0.3 is 10.3 Å². The highest BCUT2D eigenvalue weighted by molar-refractivity contribution is 5.91. The Kier molecular flexibility index (Phi) is 5.54. The van der Waals surface area contributed by atoms with Crippen molar-refractivity contribution in [3.63, 3.8) is 0 Å². The van der Waals surface area contributed by atoms with E-state index < -0.39 is 0 Å². The number of piperidine rings is 1. The second-order valence-electron chi connectivity index (χ2n) is 7.44. The van der Waals surface area contributed by atoms with Crippen molar-refractivity contribution in [1.82, 2.24) is 9.88 Å². The Labute approximate surface area is 160 Å². The van der Waals surface area contributed by atoms with Gasteiger partial charge in [-0.05, 0) is 61.7 Å². The summed E-state index contributed by atoms with van der Waals surface area (Å²) in [5.74, 6) is 0.0593. The first-order valence-corrected chi connectivity index (χ1v) is 9.94. The van der Waals surface area contributed by atoms with Crippen molar-refractivity contribution in [1.29, 1.82) is 0 Å². The van der Waals surface area contributed by atoms with Gasteiger partial charge in [-0.1, -0.05) is 36.8 Å². The van der Waals surface area contributed by atoms with E-state index in [0.717, 1.165) is 24.2 Å². The summed E-state index contributed by atoms with van der Waals surface area (Å²) in [5.41, 5.74) is 4.50. The largest absolute Gasteiger partial charge is 0.361 e. The molecule has 1 fully saturated rings. The summed E-state index contributed by atoms with van der Waals surface area (Å²) in [6.45, 7) is 3.41. The minimum Gasteiger partial charge on any atom is -0.361 e. The number of carbonyl (C=O) groups excluding carboxylic acids is 1. The fourth-order valence-corrected chi connectivity index (χ4v) is 3.88. The number of hydrogen-bond acceptors (Lipinski definition) is 2. The molecule has 2 N–H and O–H groups in total. The average molecular weight is 361 g/mol. The quantitative estimate of drug-likeness (QED) is 0.667. The lowest BCUT2D eigenvalue weighted by molar-refractivity contribution is -0.116. The van der Waals surface area contributed by atoms with E-state index in [-0.39, 0.29) is 5.91 Å². The lowest BCUT2D eigenvalue weighted by atomic mass is 10.1. The summed E-state index contributed by atoms with van der Waals surface area (Å²) in [4.78, 5) is 18.1. The molecule has 1 saturated heterocycles. The fraction of sp³-hybridized carbons (Fsp3) is 0.348. The monoisotopic (exact) mass is 361 g/mol. The Morgan fingerprint density at radius 3 is 2.59 bits per heavy atom. The Balaban J connectivity index is 1.29. The van der Waals surface area contributed by atoms with Gasteiger partial charge >= 0.3 is 0 Å². The zero-order chi connectivity index (χ0) is 18.5. The van der Waals surface area contributed by atoms with Gasteiger partial charge in [0.2, 0.25) is 5.91 Å². The number of rotatable bonds is 6. The normalized spacial score (nSPS) is 15.1. The molecule has 4 heteroatoms. The van der Waals surface area contributed by atoms with E-state index in [9.17, 15) is 4.79 Å². The van der Waals surface area contributed by atoms with Gasteiger partial charge in [0.05, 0.1) is 0 Å². The number of benzene rings is 2. The number of H-pyrrole nitrogens is 1. The molecule has 0 atom stereocenters. The molecule has 0 aliphatic carbocycles. The molecule has 4 rings (SSSR count). The third-order valence-corrected chi connectivity index (χ3v) is 5.39. The minimum atomic E-state index is 0.0593. The van der Waals surface area contributed by atoms with Crippen molar-refractivity contribution in [2.45, 2.75) is 38.6 Å². The number of aryl methyl sites for hydroxylation is 1. The Hall–Kier alpha value is -2.59. The van der Waals surface area contributed by atoms with Gasteiger partial charge in [0, 0.05) is 35.8 Å². The summed E-state index contributed by atoms with van der Waals surface area (Å²) in [7, 11) is 0. The molecule has 3 aromatic rings. The van der Waals surface area contributed by atoms with Gasteiger partial charge in [0.25, 0.3) is 0 Å². The maximum absolute atomic E-state index is 12.3. The number of fused-ring (bicyclic) bond motifs is 1. The van der Waals surface area contributed by atoms with Crippen LogP contribution in [0.3, 0.4) is 0 Å². The van der Waals surface area contributed by atoms with E-state index >= 15 is 0 Å². The molecule has 0 unspecified atom stereocenters. The Morgan fingerprint density at radius 1 is 1.00 bits per heavy atom. The van der Waals surface area contributed by atoms with Crippen LogP contribution in [0.2, 0.25) is 0 Å². The van der Waals surface area contributed by atoms with Gasteiger partial charge in [-0.25, -0.2) is 0 Å². The van der Waals surface area contributed by atoms with Gasteiger partial charge in [0.15, 0.2) is 0 Å². The number of para-hydroxylation sites is 1. The predicted molar refractivity (Wildman–Crippen MR) is 111 cm³/mol. The van der Waals surface area contributed by atoms with Crippen molar-refractivity contribution in [3.8, 4) is 0 Å². The van der Waals surface area contributed by atoms with Crippen LogP contribution in [-0.2, 0) is 17.8 Å². The van der Waals surface area contributed by atoms with Gasteiger partial charge in [-0.2, -0.15) is 0 Å². The molecule has 140 valence electrons. The van der Waals surface area contributed by atoms with Crippen LogP contribution in [0.4, 0.5) is 5.69 Å². The third kappa shape index (κ3) is 4.58. The predicted octanol–water partition coefficient (Wildman–Crippen LogP) is 4.73. The molecule has 0 spiro atoms. The van der Waals surface area contributed by atoms with Crippen LogP contribution in [0.25, 0.3) is 10.9 Å². The minimum absolute atomic E-state index is 0.0593. The lowest BCUT2D eigenvalue weighted by Crippen LogP contribution is -2.29. The number of amides is 1. The molecule has 2 aromatic carbocycles.